The first-order valence-corrected chi connectivity index (χ1v) is 11.0. The average Bonchev–Trinajstić information content (AvgIpc) is 2.94. The van der Waals surface area contributed by atoms with E-state index in [-0.39, 0.29) is 0 Å². The van der Waals surface area contributed by atoms with Crippen molar-refractivity contribution in [3.8, 4) is 23.3 Å². The van der Waals surface area contributed by atoms with Crippen molar-refractivity contribution < 1.29 is 0 Å². The summed E-state index contributed by atoms with van der Waals surface area (Å²) in [5.41, 5.74) is 6.23. The third kappa shape index (κ3) is 4.07. The molecule has 0 saturated carbocycles. The zero-order chi connectivity index (χ0) is 24.2. The highest BCUT2D eigenvalue weighted by Crippen LogP contribution is 2.40. The molecule has 0 aliphatic rings. The van der Waals surface area contributed by atoms with Crippen molar-refractivity contribution in [2.24, 2.45) is 0 Å². The van der Waals surface area contributed by atoms with Crippen LogP contribution in [-0.2, 0) is 0 Å². The molecule has 0 N–H and O–H groups in total. The van der Waals surface area contributed by atoms with Crippen molar-refractivity contribution in [2.75, 3.05) is 4.90 Å². The molecule has 162 valence electrons. The summed E-state index contributed by atoms with van der Waals surface area (Å²) in [7, 11) is 0. The average molecular weight is 447 g/mol. The lowest BCUT2D eigenvalue weighted by molar-refractivity contribution is 1.30. The summed E-state index contributed by atoms with van der Waals surface area (Å²) >= 11 is 0. The Bertz CT molecular complexity index is 1630. The highest BCUT2D eigenvalue weighted by atomic mass is 15.1. The molecule has 5 aromatic carbocycles. The molecule has 0 spiro atoms. The van der Waals surface area contributed by atoms with Gasteiger partial charge in [0.25, 0.3) is 0 Å². The predicted octanol–water partition coefficient (Wildman–Crippen LogP) is 8.27. The van der Waals surface area contributed by atoms with Crippen molar-refractivity contribution in [1.82, 2.24) is 0 Å². The first kappa shape index (κ1) is 21.5. The smallest absolute Gasteiger partial charge is 0.189 e. The van der Waals surface area contributed by atoms with Crippen LogP contribution in [0.3, 0.4) is 0 Å². The maximum Gasteiger partial charge on any atom is 0.189 e. The van der Waals surface area contributed by atoms with Crippen LogP contribution in [0.5, 0.6) is 0 Å². The number of fused-ring (bicyclic) bond motifs is 1. The van der Waals surface area contributed by atoms with E-state index in [1.54, 1.807) is 18.2 Å². The lowest BCUT2D eigenvalue weighted by Gasteiger charge is -2.27. The largest absolute Gasteiger partial charge is 0.310 e. The molecule has 0 aliphatic carbocycles. The van der Waals surface area contributed by atoms with Gasteiger partial charge in [0.1, 0.15) is 0 Å². The summed E-state index contributed by atoms with van der Waals surface area (Å²) in [4.78, 5) is 5.67. The van der Waals surface area contributed by atoms with Gasteiger partial charge in [-0.15, -0.1) is 0 Å². The molecule has 5 rings (SSSR count). The van der Waals surface area contributed by atoms with Gasteiger partial charge in [-0.1, -0.05) is 54.6 Å². The Morgan fingerprint density at radius 1 is 0.629 bits per heavy atom. The van der Waals surface area contributed by atoms with Crippen LogP contribution in [0.1, 0.15) is 11.1 Å². The molecule has 5 aromatic rings. The molecule has 0 radical (unpaired) electrons. The van der Waals surface area contributed by atoms with Crippen molar-refractivity contribution in [1.29, 1.82) is 10.5 Å². The van der Waals surface area contributed by atoms with E-state index < -0.39 is 0 Å². The van der Waals surface area contributed by atoms with E-state index >= 15 is 0 Å². The highest BCUT2D eigenvalue weighted by Gasteiger charge is 2.16. The van der Waals surface area contributed by atoms with E-state index in [1.807, 2.05) is 78.9 Å². The Balaban J connectivity index is 1.66. The van der Waals surface area contributed by atoms with Crippen LogP contribution in [0.15, 0.2) is 109 Å². The van der Waals surface area contributed by atoms with Gasteiger partial charge in [-0.2, -0.15) is 10.5 Å². The third-order valence-corrected chi connectivity index (χ3v) is 5.91. The summed E-state index contributed by atoms with van der Waals surface area (Å²) in [6.45, 7) is 7.34. The molecule has 0 aromatic heterocycles. The van der Waals surface area contributed by atoms with E-state index in [0.29, 0.717) is 16.8 Å². The quantitative estimate of drug-likeness (QED) is 0.261. The molecule has 0 amide bonds. The van der Waals surface area contributed by atoms with Crippen molar-refractivity contribution >= 4 is 33.5 Å². The van der Waals surface area contributed by atoms with Gasteiger partial charge in [-0.3, -0.25) is 0 Å². The van der Waals surface area contributed by atoms with Crippen molar-refractivity contribution in [3.63, 3.8) is 0 Å². The van der Waals surface area contributed by atoms with Crippen molar-refractivity contribution in [2.45, 2.75) is 0 Å². The minimum Gasteiger partial charge on any atom is -0.310 e. The number of hydrogen-bond donors (Lipinski definition) is 0. The molecule has 0 heterocycles. The molecule has 0 aliphatic heterocycles. The van der Waals surface area contributed by atoms with Crippen LogP contribution >= 0.6 is 0 Å². The lowest BCUT2D eigenvalue weighted by Crippen LogP contribution is -2.10. The summed E-state index contributed by atoms with van der Waals surface area (Å²) in [5, 5.41) is 20.8. The minimum atomic E-state index is 0.443. The van der Waals surface area contributed by atoms with Gasteiger partial charge in [0, 0.05) is 27.7 Å². The van der Waals surface area contributed by atoms with Crippen LogP contribution < -0.4 is 4.90 Å². The van der Waals surface area contributed by atoms with Gasteiger partial charge >= 0.3 is 0 Å². The van der Waals surface area contributed by atoms with Crippen LogP contribution in [0.4, 0.5) is 22.7 Å². The van der Waals surface area contributed by atoms with Gasteiger partial charge < -0.3 is 4.90 Å². The van der Waals surface area contributed by atoms with Gasteiger partial charge in [0.2, 0.25) is 0 Å². The Morgan fingerprint density at radius 3 is 2.00 bits per heavy atom. The minimum absolute atomic E-state index is 0.443. The Hall–Kier alpha value is -5.37. The number of nitrogens with zero attached hydrogens (tertiary/aromatic N) is 4. The fraction of sp³-hybridized carbons (Fsp3) is 0. The summed E-state index contributed by atoms with van der Waals surface area (Å²) < 4.78 is 0. The second-order valence-corrected chi connectivity index (χ2v) is 8.00. The molecule has 0 atom stereocenters. The maximum absolute atomic E-state index is 9.61. The standard InChI is InChI=1S/C31H18N4/c1-34-26-18-22(20-32)17-25(19-26)23-11-14-28(15-12-23)35(27-7-3-2-4-8-27)31-16-13-24(21-33)29-9-5-6-10-30(29)31/h2-19H. The third-order valence-electron chi connectivity index (χ3n) is 5.91. The lowest BCUT2D eigenvalue weighted by atomic mass is 10.0. The van der Waals surface area contributed by atoms with Gasteiger partial charge in [-0.25, -0.2) is 4.85 Å². The zero-order valence-electron chi connectivity index (χ0n) is 18.7. The number of benzene rings is 5. The number of anilines is 3. The predicted molar refractivity (Wildman–Crippen MR) is 140 cm³/mol. The Morgan fingerprint density at radius 2 is 1.31 bits per heavy atom. The first-order chi connectivity index (χ1) is 17.2. The topological polar surface area (TPSA) is 55.2 Å². The van der Waals surface area contributed by atoms with Crippen molar-refractivity contribution in [3.05, 3.63) is 132 Å². The van der Waals surface area contributed by atoms with E-state index in [1.165, 1.54) is 0 Å². The highest BCUT2D eigenvalue weighted by molar-refractivity contribution is 6.01. The SMILES string of the molecule is [C-]#[N+]c1cc(C#N)cc(-c2ccc(N(c3ccccc3)c3ccc(C#N)c4ccccc34)cc2)c1. The number of rotatable bonds is 4. The summed E-state index contributed by atoms with van der Waals surface area (Å²) in [6.07, 6.45) is 0. The molecular formula is C31H18N4. The maximum atomic E-state index is 9.61. The first-order valence-electron chi connectivity index (χ1n) is 11.0. The molecule has 0 saturated heterocycles. The van der Waals surface area contributed by atoms with E-state index in [4.69, 9.17) is 6.57 Å². The van der Waals surface area contributed by atoms with E-state index in [2.05, 4.69) is 34.0 Å². The van der Waals surface area contributed by atoms with Gasteiger partial charge in [0.05, 0.1) is 30.0 Å². The Labute approximate surface area is 204 Å². The van der Waals surface area contributed by atoms with Crippen LogP contribution in [0.2, 0.25) is 0 Å². The number of nitriles is 2. The molecule has 4 heteroatoms. The van der Waals surface area contributed by atoms with E-state index in [9.17, 15) is 10.5 Å². The van der Waals surface area contributed by atoms with Gasteiger partial charge in [0.15, 0.2) is 5.69 Å². The molecular weight excluding hydrogens is 428 g/mol. The normalized spacial score (nSPS) is 10.2. The number of hydrogen-bond acceptors (Lipinski definition) is 3. The molecule has 4 nitrogen and oxygen atoms in total. The zero-order valence-corrected chi connectivity index (χ0v) is 18.7. The van der Waals surface area contributed by atoms with Crippen LogP contribution in [0, 0.1) is 29.2 Å². The number of para-hydroxylation sites is 1. The monoisotopic (exact) mass is 446 g/mol. The fourth-order valence-corrected chi connectivity index (χ4v) is 4.29. The fourth-order valence-electron chi connectivity index (χ4n) is 4.29. The van der Waals surface area contributed by atoms with Crippen LogP contribution in [-0.4, -0.2) is 0 Å². The molecule has 0 unspecified atom stereocenters. The Kier molecular flexibility index (Phi) is 5.67. The second-order valence-electron chi connectivity index (χ2n) is 8.00. The summed E-state index contributed by atoms with van der Waals surface area (Å²) in [5.74, 6) is 0. The molecule has 0 fully saturated rings. The van der Waals surface area contributed by atoms with E-state index in [0.717, 1.165) is 39.0 Å². The van der Waals surface area contributed by atoms with Gasteiger partial charge in [-0.05, 0) is 65.7 Å². The second kappa shape index (κ2) is 9.24. The molecule has 0 bridgehead atoms. The summed E-state index contributed by atoms with van der Waals surface area (Å²) in [6, 6.07) is 39.6. The van der Waals surface area contributed by atoms with Crippen LogP contribution in [0.25, 0.3) is 26.7 Å². The molecule has 35 heavy (non-hydrogen) atoms.